The van der Waals surface area contributed by atoms with Crippen molar-refractivity contribution < 1.29 is 4.79 Å². The molecule has 0 radical (unpaired) electrons. The van der Waals surface area contributed by atoms with E-state index in [4.69, 9.17) is 5.73 Å². The third-order valence-corrected chi connectivity index (χ3v) is 3.48. The first-order chi connectivity index (χ1) is 9.52. The van der Waals surface area contributed by atoms with Gasteiger partial charge in [0, 0.05) is 25.2 Å². The second kappa shape index (κ2) is 7.24. The molecule has 1 heterocycles. The average Bonchev–Trinajstić information content (AvgIpc) is 2.95. The van der Waals surface area contributed by atoms with Gasteiger partial charge in [0.1, 0.15) is 5.69 Å². The van der Waals surface area contributed by atoms with Crippen molar-refractivity contribution in [3.8, 4) is 11.3 Å². The van der Waals surface area contributed by atoms with Gasteiger partial charge >= 0.3 is 0 Å². The molecular weight excluding hydrogens is 288 g/mol. The third kappa shape index (κ3) is 3.83. The molecule has 1 aromatic heterocycles. The van der Waals surface area contributed by atoms with E-state index in [1.54, 1.807) is 18.0 Å². The highest BCUT2D eigenvalue weighted by molar-refractivity contribution is 5.93. The van der Waals surface area contributed by atoms with Gasteiger partial charge in [0.05, 0.1) is 5.69 Å². The lowest BCUT2D eigenvalue weighted by molar-refractivity contribution is 0.0742. The molecule has 114 valence electrons. The molecule has 0 aliphatic rings. The smallest absolute Gasteiger partial charge is 0.271 e. The normalized spacial score (nSPS) is 11.6. The van der Waals surface area contributed by atoms with E-state index >= 15 is 0 Å². The highest BCUT2D eigenvalue weighted by atomic mass is 35.5. The number of nitrogens with zero attached hydrogens (tertiary/aromatic N) is 2. The molecule has 0 fully saturated rings. The summed E-state index contributed by atoms with van der Waals surface area (Å²) in [6.45, 7) is 4.38. The van der Waals surface area contributed by atoms with E-state index in [2.05, 4.69) is 10.2 Å². The Labute approximate surface area is 130 Å². The van der Waals surface area contributed by atoms with Crippen LogP contribution in [0.5, 0.6) is 0 Å². The van der Waals surface area contributed by atoms with Gasteiger partial charge in [0.15, 0.2) is 0 Å². The first-order valence-electron chi connectivity index (χ1n) is 6.62. The minimum Gasteiger partial charge on any atom is -0.336 e. The Balaban J connectivity index is 0.00000220. The molecule has 1 atom stereocenters. The summed E-state index contributed by atoms with van der Waals surface area (Å²) in [5.74, 6) is -0.103. The van der Waals surface area contributed by atoms with Gasteiger partial charge in [-0.05, 0) is 19.9 Å². The van der Waals surface area contributed by atoms with E-state index in [9.17, 15) is 4.79 Å². The van der Waals surface area contributed by atoms with Gasteiger partial charge in [-0.2, -0.15) is 5.10 Å². The van der Waals surface area contributed by atoms with Gasteiger partial charge in [-0.25, -0.2) is 0 Å². The number of aromatic nitrogens is 2. The highest BCUT2D eigenvalue weighted by Crippen LogP contribution is 2.18. The summed E-state index contributed by atoms with van der Waals surface area (Å²) < 4.78 is 0. The number of benzene rings is 1. The van der Waals surface area contributed by atoms with Crippen LogP contribution in [0.4, 0.5) is 0 Å². The number of aromatic amines is 1. The minimum atomic E-state index is -0.103. The SMILES string of the molecule is Cc1ccc(-c2cc(C(=O)N(C)C(C)CN)[nH]n2)cc1.Cl. The molecule has 0 spiro atoms. The van der Waals surface area contributed by atoms with Gasteiger partial charge < -0.3 is 10.6 Å². The van der Waals surface area contributed by atoms with E-state index < -0.39 is 0 Å². The maximum Gasteiger partial charge on any atom is 0.271 e. The minimum absolute atomic E-state index is 0. The van der Waals surface area contributed by atoms with E-state index in [-0.39, 0.29) is 24.4 Å². The van der Waals surface area contributed by atoms with Crippen LogP contribution in [0.3, 0.4) is 0 Å². The first kappa shape index (κ1) is 17.2. The maximum atomic E-state index is 12.2. The summed E-state index contributed by atoms with van der Waals surface area (Å²) in [7, 11) is 1.74. The predicted octanol–water partition coefficient (Wildman–Crippen LogP) is 2.23. The fourth-order valence-corrected chi connectivity index (χ4v) is 1.85. The van der Waals surface area contributed by atoms with Crippen molar-refractivity contribution >= 4 is 18.3 Å². The van der Waals surface area contributed by atoms with Crippen LogP contribution in [0.1, 0.15) is 23.0 Å². The fraction of sp³-hybridized carbons (Fsp3) is 0.333. The number of carbonyl (C=O) groups is 1. The van der Waals surface area contributed by atoms with Crippen molar-refractivity contribution in [2.24, 2.45) is 5.73 Å². The summed E-state index contributed by atoms with van der Waals surface area (Å²) in [5, 5.41) is 7.00. The molecule has 6 heteroatoms. The quantitative estimate of drug-likeness (QED) is 0.909. The number of nitrogens with two attached hydrogens (primary N) is 1. The predicted molar refractivity (Wildman–Crippen MR) is 86.6 cm³/mol. The van der Waals surface area contributed by atoms with Crippen molar-refractivity contribution in [2.45, 2.75) is 19.9 Å². The number of halogens is 1. The molecule has 21 heavy (non-hydrogen) atoms. The van der Waals surface area contributed by atoms with Crippen LogP contribution in [-0.2, 0) is 0 Å². The van der Waals surface area contributed by atoms with E-state index in [1.807, 2.05) is 38.1 Å². The van der Waals surface area contributed by atoms with Crippen molar-refractivity contribution in [3.63, 3.8) is 0 Å². The fourth-order valence-electron chi connectivity index (χ4n) is 1.85. The number of amides is 1. The van der Waals surface area contributed by atoms with Crippen LogP contribution in [-0.4, -0.2) is 40.6 Å². The van der Waals surface area contributed by atoms with Crippen LogP contribution in [0.25, 0.3) is 11.3 Å². The lowest BCUT2D eigenvalue weighted by Crippen LogP contribution is -2.39. The molecule has 1 unspecified atom stereocenters. The Morgan fingerprint density at radius 1 is 1.38 bits per heavy atom. The molecule has 0 saturated carbocycles. The molecule has 0 saturated heterocycles. The lowest BCUT2D eigenvalue weighted by atomic mass is 10.1. The summed E-state index contributed by atoms with van der Waals surface area (Å²) in [6, 6.07) is 9.79. The zero-order valence-corrected chi connectivity index (χ0v) is 13.3. The van der Waals surface area contributed by atoms with Crippen LogP contribution in [0.15, 0.2) is 30.3 Å². The molecule has 0 aliphatic heterocycles. The van der Waals surface area contributed by atoms with Crippen LogP contribution < -0.4 is 5.73 Å². The van der Waals surface area contributed by atoms with Gasteiger partial charge in [-0.3, -0.25) is 9.89 Å². The number of rotatable bonds is 4. The molecule has 1 amide bonds. The number of likely N-dealkylation sites (N-methyl/N-ethyl adjacent to an activating group) is 1. The Kier molecular flexibility index (Phi) is 5.93. The largest absolute Gasteiger partial charge is 0.336 e. The van der Waals surface area contributed by atoms with Crippen LogP contribution in [0.2, 0.25) is 0 Å². The molecular formula is C15H21ClN4O. The molecule has 1 aromatic carbocycles. The highest BCUT2D eigenvalue weighted by Gasteiger charge is 2.18. The van der Waals surface area contributed by atoms with E-state index in [1.165, 1.54) is 5.56 Å². The van der Waals surface area contributed by atoms with E-state index in [0.29, 0.717) is 12.2 Å². The Morgan fingerprint density at radius 3 is 2.57 bits per heavy atom. The van der Waals surface area contributed by atoms with Crippen molar-refractivity contribution in [1.29, 1.82) is 0 Å². The van der Waals surface area contributed by atoms with Crippen molar-refractivity contribution in [1.82, 2.24) is 15.1 Å². The van der Waals surface area contributed by atoms with Gasteiger partial charge in [-0.1, -0.05) is 29.8 Å². The maximum absolute atomic E-state index is 12.2. The molecule has 0 bridgehead atoms. The molecule has 2 aromatic rings. The van der Waals surface area contributed by atoms with Crippen LogP contribution in [0, 0.1) is 6.92 Å². The Hall–Kier alpha value is -1.85. The summed E-state index contributed by atoms with van der Waals surface area (Å²) in [4.78, 5) is 13.9. The molecule has 0 aliphatic carbocycles. The van der Waals surface area contributed by atoms with E-state index in [0.717, 1.165) is 11.3 Å². The Bertz CT molecular complexity index is 594. The van der Waals surface area contributed by atoms with Crippen LogP contribution >= 0.6 is 12.4 Å². The lowest BCUT2D eigenvalue weighted by Gasteiger charge is -2.22. The summed E-state index contributed by atoms with van der Waals surface area (Å²) in [5.41, 5.74) is 9.00. The van der Waals surface area contributed by atoms with Crippen molar-refractivity contribution in [2.75, 3.05) is 13.6 Å². The standard InChI is InChI=1S/C15H20N4O.ClH/c1-10-4-6-12(7-5-10)13-8-14(18-17-13)15(20)19(3)11(2)9-16;/h4-8,11H,9,16H2,1-3H3,(H,17,18);1H. The van der Waals surface area contributed by atoms with Gasteiger partial charge in [-0.15, -0.1) is 12.4 Å². The first-order valence-corrected chi connectivity index (χ1v) is 6.62. The Morgan fingerprint density at radius 2 is 2.00 bits per heavy atom. The van der Waals surface area contributed by atoms with Gasteiger partial charge in [0.2, 0.25) is 0 Å². The average molecular weight is 309 g/mol. The second-order valence-electron chi connectivity index (χ2n) is 5.03. The zero-order valence-electron chi connectivity index (χ0n) is 12.5. The van der Waals surface area contributed by atoms with Gasteiger partial charge in [0.25, 0.3) is 5.91 Å². The number of H-pyrrole nitrogens is 1. The number of hydrogen-bond acceptors (Lipinski definition) is 3. The molecule has 5 nitrogen and oxygen atoms in total. The number of carbonyl (C=O) groups excluding carboxylic acids is 1. The second-order valence-corrected chi connectivity index (χ2v) is 5.03. The number of aryl methyl sites for hydroxylation is 1. The third-order valence-electron chi connectivity index (χ3n) is 3.48. The number of hydrogen-bond donors (Lipinski definition) is 2. The molecule has 3 N–H and O–H groups in total. The molecule has 2 rings (SSSR count). The zero-order chi connectivity index (χ0) is 14.7. The summed E-state index contributed by atoms with van der Waals surface area (Å²) >= 11 is 0. The monoisotopic (exact) mass is 308 g/mol. The van der Waals surface area contributed by atoms with Crippen molar-refractivity contribution in [3.05, 3.63) is 41.6 Å². The number of nitrogens with one attached hydrogen (secondary N) is 1. The topological polar surface area (TPSA) is 75.0 Å². The summed E-state index contributed by atoms with van der Waals surface area (Å²) in [6.07, 6.45) is 0.